The molecule has 1 aromatic carbocycles. The number of rotatable bonds is 0. The molecule has 0 fully saturated rings. The van der Waals surface area contributed by atoms with E-state index >= 15 is 0 Å². The quantitative estimate of drug-likeness (QED) is 0.453. The average molecular weight is 410 g/mol. The molecule has 0 saturated heterocycles. The Hall–Kier alpha value is 1.30. The van der Waals surface area contributed by atoms with Crippen LogP contribution in [-0.4, -0.2) is 0 Å². The second-order valence-electron chi connectivity index (χ2n) is 1.65. The fourth-order valence-electron chi connectivity index (χ4n) is 0.483. The molecule has 0 heterocycles. The van der Waals surface area contributed by atoms with E-state index < -0.39 is 0 Å². The predicted molar refractivity (Wildman–Crippen MR) is 58.1 cm³/mol. The first kappa shape index (κ1) is 11.3. The number of benzene rings is 1. The summed E-state index contributed by atoms with van der Waals surface area (Å²) in [4.78, 5) is 0. The summed E-state index contributed by atoms with van der Waals surface area (Å²) in [7, 11) is 0.0650. The fourth-order valence-corrected chi connectivity index (χ4v) is 0.483. The van der Waals surface area contributed by atoms with Crippen molar-refractivity contribution >= 4 is 39.5 Å². The molecule has 0 spiro atoms. The summed E-state index contributed by atoms with van der Waals surface area (Å²) in [5, 5.41) is 0. The van der Waals surface area contributed by atoms with Crippen LogP contribution in [0, 0.1) is 13.0 Å². The SMILES string of the molecule is Cc1[c]cccc1.[I][Zn][I]. The van der Waals surface area contributed by atoms with E-state index in [4.69, 9.17) is 0 Å². The molecule has 3 heteroatoms. The fraction of sp³-hybridized carbons (Fsp3) is 0.143. The summed E-state index contributed by atoms with van der Waals surface area (Å²) in [6.45, 7) is 2.03. The molecule has 0 unspecified atom stereocenters. The van der Waals surface area contributed by atoms with Crippen LogP contribution in [0.3, 0.4) is 0 Å². The Bertz CT molecular complexity index is 153. The zero-order chi connectivity index (χ0) is 7.82. The van der Waals surface area contributed by atoms with Gasteiger partial charge < -0.3 is 0 Å². The van der Waals surface area contributed by atoms with Crippen LogP contribution < -0.4 is 0 Å². The van der Waals surface area contributed by atoms with Crippen molar-refractivity contribution in [2.45, 2.75) is 6.92 Å². The van der Waals surface area contributed by atoms with Crippen LogP contribution >= 0.6 is 39.5 Å². The van der Waals surface area contributed by atoms with Crippen LogP contribution in [0.15, 0.2) is 24.3 Å². The predicted octanol–water partition coefficient (Wildman–Crippen LogP) is 3.56. The van der Waals surface area contributed by atoms with Crippen molar-refractivity contribution in [1.29, 1.82) is 0 Å². The third-order valence-electron chi connectivity index (χ3n) is 0.865. The van der Waals surface area contributed by atoms with Gasteiger partial charge in [-0.15, -0.1) is 0 Å². The second-order valence-corrected chi connectivity index (χ2v) is 25.2. The minimum absolute atomic E-state index is 0.0650. The van der Waals surface area contributed by atoms with Crippen molar-refractivity contribution in [1.82, 2.24) is 0 Å². The van der Waals surface area contributed by atoms with Gasteiger partial charge in [0.25, 0.3) is 0 Å². The van der Waals surface area contributed by atoms with E-state index in [1.807, 2.05) is 31.2 Å². The van der Waals surface area contributed by atoms with Crippen LogP contribution in [0.1, 0.15) is 5.56 Å². The monoisotopic (exact) mass is 409 g/mol. The molecule has 1 radical (unpaired) electrons. The van der Waals surface area contributed by atoms with E-state index in [0.717, 1.165) is 0 Å². The van der Waals surface area contributed by atoms with Gasteiger partial charge in [-0.1, -0.05) is 24.3 Å². The molecule has 1 rings (SSSR count). The summed E-state index contributed by atoms with van der Waals surface area (Å²) in [5.41, 5.74) is 1.20. The molecule has 0 bridgehead atoms. The van der Waals surface area contributed by atoms with Gasteiger partial charge in [0.05, 0.1) is 0 Å². The Morgan fingerprint density at radius 1 is 1.40 bits per heavy atom. The third kappa shape index (κ3) is 7.41. The Morgan fingerprint density at radius 2 is 2.00 bits per heavy atom. The molecule has 51 valence electrons. The van der Waals surface area contributed by atoms with E-state index in [9.17, 15) is 0 Å². The Balaban J connectivity index is 0.000000236. The normalized spacial score (nSPS) is 7.10. The van der Waals surface area contributed by atoms with Crippen molar-refractivity contribution in [3.63, 3.8) is 0 Å². The Labute approximate surface area is 91.1 Å². The maximum atomic E-state index is 3.03. The molecule has 0 atom stereocenters. The molecular weight excluding hydrogens is 403 g/mol. The first-order chi connectivity index (χ1) is 4.81. The second kappa shape index (κ2) is 8.40. The Morgan fingerprint density at radius 3 is 2.20 bits per heavy atom. The molecule has 0 amide bonds. The van der Waals surface area contributed by atoms with Crippen LogP contribution in [0.2, 0.25) is 0 Å². The number of halogens is 2. The molecule has 10 heavy (non-hydrogen) atoms. The number of hydrogen-bond donors (Lipinski definition) is 0. The van der Waals surface area contributed by atoms with Gasteiger partial charge in [0.2, 0.25) is 0 Å². The van der Waals surface area contributed by atoms with Crippen molar-refractivity contribution in [3.8, 4) is 0 Å². The van der Waals surface area contributed by atoms with Crippen molar-refractivity contribution in [3.05, 3.63) is 35.9 Å². The van der Waals surface area contributed by atoms with Crippen LogP contribution in [0.5, 0.6) is 0 Å². The average Bonchev–Trinajstić information content (AvgIpc) is 1.91. The summed E-state index contributed by atoms with van der Waals surface area (Å²) in [6.07, 6.45) is 0. The Kier molecular flexibility index (Phi) is 9.50. The molecule has 0 aliphatic rings. The standard InChI is InChI=1S/C7H7.2HI.Zn/c1-7-5-3-2-4-6-7;;;/h2-5H,1H3;2*1H;/q;;;+2/p-2. The van der Waals surface area contributed by atoms with Gasteiger partial charge in [-0.05, 0) is 18.6 Å². The first-order valence-electron chi connectivity index (χ1n) is 2.86. The zero-order valence-electron chi connectivity index (χ0n) is 5.77. The first-order valence-corrected chi connectivity index (χ1v) is 21.0. The number of hydrogen-bond acceptors (Lipinski definition) is 0. The zero-order valence-corrected chi connectivity index (χ0v) is 13.1. The topological polar surface area (TPSA) is 0 Å². The van der Waals surface area contributed by atoms with Crippen molar-refractivity contribution in [2.75, 3.05) is 0 Å². The third-order valence-corrected chi connectivity index (χ3v) is 0.865. The van der Waals surface area contributed by atoms with E-state index in [1.54, 1.807) is 0 Å². The van der Waals surface area contributed by atoms with E-state index in [1.165, 1.54) is 5.56 Å². The summed E-state index contributed by atoms with van der Waals surface area (Å²) < 4.78 is 0. The molecule has 0 aliphatic carbocycles. The summed E-state index contributed by atoms with van der Waals surface area (Å²) in [5.74, 6) is 0. The van der Waals surface area contributed by atoms with Crippen molar-refractivity contribution < 1.29 is 10.1 Å². The van der Waals surface area contributed by atoms with Gasteiger partial charge in [0, 0.05) is 0 Å². The maximum absolute atomic E-state index is 3.03. The molecule has 1 aromatic rings. The van der Waals surface area contributed by atoms with Gasteiger partial charge in [0.15, 0.2) is 0 Å². The van der Waals surface area contributed by atoms with Crippen LogP contribution in [-0.2, 0) is 10.1 Å². The molecule has 0 aromatic heterocycles. The molecule has 0 saturated carbocycles. The molecule has 0 aliphatic heterocycles. The number of aryl methyl sites for hydroxylation is 1. The van der Waals surface area contributed by atoms with Gasteiger partial charge in [-0.3, -0.25) is 0 Å². The van der Waals surface area contributed by atoms with Gasteiger partial charge in [-0.2, -0.15) is 0 Å². The summed E-state index contributed by atoms with van der Waals surface area (Å²) >= 11 is 4.93. The van der Waals surface area contributed by atoms with Gasteiger partial charge in [0.1, 0.15) is 0 Å². The molecule has 0 N–H and O–H groups in total. The van der Waals surface area contributed by atoms with Gasteiger partial charge in [-0.25, -0.2) is 0 Å². The molecular formula is C7H7I2Zn. The van der Waals surface area contributed by atoms with E-state index in [2.05, 4.69) is 45.6 Å². The van der Waals surface area contributed by atoms with E-state index in [0.29, 0.717) is 0 Å². The van der Waals surface area contributed by atoms with E-state index in [-0.39, 0.29) is 10.1 Å². The van der Waals surface area contributed by atoms with Crippen LogP contribution in [0.4, 0.5) is 0 Å². The molecule has 0 nitrogen and oxygen atoms in total. The van der Waals surface area contributed by atoms with Crippen molar-refractivity contribution in [2.24, 2.45) is 0 Å². The van der Waals surface area contributed by atoms with Gasteiger partial charge >= 0.3 is 49.6 Å². The summed E-state index contributed by atoms with van der Waals surface area (Å²) in [6, 6.07) is 10.9. The minimum atomic E-state index is 0.0650. The van der Waals surface area contributed by atoms with Crippen LogP contribution in [0.25, 0.3) is 0 Å².